The fraction of sp³-hybridized carbons (Fsp3) is 0.300. The Morgan fingerprint density at radius 1 is 1.04 bits per heavy atom. The van der Waals surface area contributed by atoms with Gasteiger partial charge in [-0.05, 0) is 29.7 Å². The highest BCUT2D eigenvalue weighted by Crippen LogP contribution is 2.21. The van der Waals surface area contributed by atoms with Gasteiger partial charge in [0.25, 0.3) is 0 Å². The van der Waals surface area contributed by atoms with Gasteiger partial charge >= 0.3 is 5.97 Å². The van der Waals surface area contributed by atoms with Gasteiger partial charge in [-0.1, -0.05) is 55.8 Å². The molecule has 2 aromatic carbocycles. The van der Waals surface area contributed by atoms with E-state index < -0.39 is 0 Å². The summed E-state index contributed by atoms with van der Waals surface area (Å²) in [4.78, 5) is 24.0. The SMILES string of the molecule is CCC[C@@H](C(=O)NCc1ccc(C(=O)OC)cc1)c1ccccc1. The highest BCUT2D eigenvalue weighted by atomic mass is 16.5. The molecule has 0 aliphatic carbocycles. The number of nitrogens with one attached hydrogen (secondary N) is 1. The predicted octanol–water partition coefficient (Wildman–Crippen LogP) is 3.67. The van der Waals surface area contributed by atoms with Crippen molar-refractivity contribution < 1.29 is 14.3 Å². The summed E-state index contributed by atoms with van der Waals surface area (Å²) in [5.41, 5.74) is 2.48. The summed E-state index contributed by atoms with van der Waals surface area (Å²) in [6.45, 7) is 2.52. The van der Waals surface area contributed by atoms with Crippen molar-refractivity contribution in [3.63, 3.8) is 0 Å². The van der Waals surface area contributed by atoms with Crippen molar-refractivity contribution in [3.05, 3.63) is 71.3 Å². The molecular formula is C20H23NO3. The summed E-state index contributed by atoms with van der Waals surface area (Å²) in [6, 6.07) is 16.9. The van der Waals surface area contributed by atoms with Gasteiger partial charge in [-0.3, -0.25) is 4.79 Å². The molecule has 0 spiro atoms. The Balaban J connectivity index is 1.99. The van der Waals surface area contributed by atoms with Crippen LogP contribution in [0.15, 0.2) is 54.6 Å². The van der Waals surface area contributed by atoms with Gasteiger partial charge in [0.2, 0.25) is 5.91 Å². The van der Waals surface area contributed by atoms with Crippen LogP contribution in [0.2, 0.25) is 0 Å². The number of esters is 1. The minimum atomic E-state index is -0.363. The molecule has 0 radical (unpaired) electrons. The maximum absolute atomic E-state index is 12.5. The Morgan fingerprint density at radius 2 is 1.71 bits per heavy atom. The highest BCUT2D eigenvalue weighted by Gasteiger charge is 2.19. The number of hydrogen-bond acceptors (Lipinski definition) is 3. The summed E-state index contributed by atoms with van der Waals surface area (Å²) < 4.78 is 4.67. The molecule has 1 atom stereocenters. The highest BCUT2D eigenvalue weighted by molar-refractivity contribution is 5.89. The lowest BCUT2D eigenvalue weighted by molar-refractivity contribution is -0.122. The van der Waals surface area contributed by atoms with E-state index in [1.165, 1.54) is 7.11 Å². The minimum Gasteiger partial charge on any atom is -0.465 e. The molecule has 4 heteroatoms. The largest absolute Gasteiger partial charge is 0.465 e. The maximum atomic E-state index is 12.5. The van der Waals surface area contributed by atoms with E-state index in [4.69, 9.17) is 0 Å². The Morgan fingerprint density at radius 3 is 2.29 bits per heavy atom. The van der Waals surface area contributed by atoms with Gasteiger partial charge in [-0.2, -0.15) is 0 Å². The van der Waals surface area contributed by atoms with E-state index in [2.05, 4.69) is 17.0 Å². The molecule has 4 nitrogen and oxygen atoms in total. The van der Waals surface area contributed by atoms with Gasteiger partial charge in [-0.25, -0.2) is 4.79 Å². The molecule has 0 aliphatic heterocycles. The Hall–Kier alpha value is -2.62. The standard InChI is InChI=1S/C20H23NO3/c1-3-7-18(16-8-5-4-6-9-16)19(22)21-14-15-10-12-17(13-11-15)20(23)24-2/h4-6,8-13,18H,3,7,14H2,1-2H3,(H,21,22)/t18-/m1/s1. The van der Waals surface area contributed by atoms with Crippen molar-refractivity contribution in [3.8, 4) is 0 Å². The van der Waals surface area contributed by atoms with Crippen LogP contribution in [-0.4, -0.2) is 19.0 Å². The van der Waals surface area contributed by atoms with E-state index in [9.17, 15) is 9.59 Å². The quantitative estimate of drug-likeness (QED) is 0.790. The van der Waals surface area contributed by atoms with Crippen LogP contribution in [0.25, 0.3) is 0 Å². The average molecular weight is 325 g/mol. The molecule has 1 amide bonds. The van der Waals surface area contributed by atoms with Crippen LogP contribution in [-0.2, 0) is 16.1 Å². The second kappa shape index (κ2) is 8.87. The first-order chi connectivity index (χ1) is 11.7. The molecule has 1 N–H and O–H groups in total. The zero-order valence-corrected chi connectivity index (χ0v) is 14.1. The lowest BCUT2D eigenvalue weighted by atomic mass is 9.93. The summed E-state index contributed by atoms with van der Waals surface area (Å²) in [5.74, 6) is -0.469. The minimum absolute atomic E-state index is 0.0279. The lowest BCUT2D eigenvalue weighted by Gasteiger charge is -2.16. The number of carbonyl (C=O) groups excluding carboxylic acids is 2. The lowest BCUT2D eigenvalue weighted by Crippen LogP contribution is -2.29. The topological polar surface area (TPSA) is 55.4 Å². The Bertz CT molecular complexity index is 665. The molecule has 2 aromatic rings. The van der Waals surface area contributed by atoms with Crippen LogP contribution in [0.1, 0.15) is 47.2 Å². The summed E-state index contributed by atoms with van der Waals surface area (Å²) >= 11 is 0. The third-order valence-electron chi connectivity index (χ3n) is 3.94. The Labute approximate surface area is 142 Å². The zero-order valence-electron chi connectivity index (χ0n) is 14.1. The maximum Gasteiger partial charge on any atom is 0.337 e. The molecule has 0 heterocycles. The monoisotopic (exact) mass is 325 g/mol. The number of amides is 1. The third kappa shape index (κ3) is 4.69. The molecule has 0 aliphatic rings. The molecule has 0 aromatic heterocycles. The predicted molar refractivity (Wildman–Crippen MR) is 93.7 cm³/mol. The van der Waals surface area contributed by atoms with E-state index in [0.717, 1.165) is 24.0 Å². The molecule has 0 saturated heterocycles. The van der Waals surface area contributed by atoms with Gasteiger partial charge in [0.05, 0.1) is 18.6 Å². The molecule has 0 bridgehead atoms. The van der Waals surface area contributed by atoms with Crippen LogP contribution in [0.5, 0.6) is 0 Å². The summed E-state index contributed by atoms with van der Waals surface area (Å²) in [6.07, 6.45) is 1.76. The fourth-order valence-electron chi connectivity index (χ4n) is 2.61. The van der Waals surface area contributed by atoms with Gasteiger partial charge in [0.1, 0.15) is 0 Å². The molecule has 126 valence electrons. The van der Waals surface area contributed by atoms with Crippen molar-refractivity contribution in [2.75, 3.05) is 7.11 Å². The van der Waals surface area contributed by atoms with Crippen LogP contribution in [0, 0.1) is 0 Å². The van der Waals surface area contributed by atoms with E-state index in [1.807, 2.05) is 42.5 Å². The molecule has 24 heavy (non-hydrogen) atoms. The Kier molecular flexibility index (Phi) is 6.55. The molecule has 0 saturated carbocycles. The van der Waals surface area contributed by atoms with Crippen LogP contribution in [0.3, 0.4) is 0 Å². The van der Waals surface area contributed by atoms with E-state index in [0.29, 0.717) is 12.1 Å². The summed E-state index contributed by atoms with van der Waals surface area (Å²) in [7, 11) is 1.36. The number of ether oxygens (including phenoxy) is 1. The smallest absolute Gasteiger partial charge is 0.337 e. The van der Waals surface area contributed by atoms with Crippen LogP contribution in [0.4, 0.5) is 0 Å². The van der Waals surface area contributed by atoms with Crippen molar-refractivity contribution >= 4 is 11.9 Å². The first-order valence-electron chi connectivity index (χ1n) is 8.15. The van der Waals surface area contributed by atoms with Crippen molar-refractivity contribution in [2.24, 2.45) is 0 Å². The third-order valence-corrected chi connectivity index (χ3v) is 3.94. The average Bonchev–Trinajstić information content (AvgIpc) is 2.64. The zero-order chi connectivity index (χ0) is 17.4. The van der Waals surface area contributed by atoms with Gasteiger partial charge in [0, 0.05) is 6.54 Å². The number of methoxy groups -OCH3 is 1. The van der Waals surface area contributed by atoms with Crippen LogP contribution >= 0.6 is 0 Å². The van der Waals surface area contributed by atoms with E-state index in [-0.39, 0.29) is 17.8 Å². The van der Waals surface area contributed by atoms with Gasteiger partial charge in [-0.15, -0.1) is 0 Å². The molecule has 0 unspecified atom stereocenters. The van der Waals surface area contributed by atoms with Crippen LogP contribution < -0.4 is 5.32 Å². The van der Waals surface area contributed by atoms with Gasteiger partial charge < -0.3 is 10.1 Å². The number of carbonyl (C=O) groups is 2. The second-order valence-corrected chi connectivity index (χ2v) is 5.66. The number of benzene rings is 2. The first kappa shape index (κ1) is 17.7. The first-order valence-corrected chi connectivity index (χ1v) is 8.15. The number of hydrogen-bond donors (Lipinski definition) is 1. The van der Waals surface area contributed by atoms with Crippen molar-refractivity contribution in [1.29, 1.82) is 0 Å². The summed E-state index contributed by atoms with van der Waals surface area (Å²) in [5, 5.41) is 2.99. The number of rotatable bonds is 7. The molecular weight excluding hydrogens is 302 g/mol. The molecule has 0 fully saturated rings. The van der Waals surface area contributed by atoms with Crippen molar-refractivity contribution in [2.45, 2.75) is 32.2 Å². The van der Waals surface area contributed by atoms with E-state index in [1.54, 1.807) is 12.1 Å². The normalized spacial score (nSPS) is 11.6. The second-order valence-electron chi connectivity index (χ2n) is 5.66. The fourth-order valence-corrected chi connectivity index (χ4v) is 2.61. The van der Waals surface area contributed by atoms with Gasteiger partial charge in [0.15, 0.2) is 0 Å². The van der Waals surface area contributed by atoms with E-state index >= 15 is 0 Å². The molecule has 2 rings (SSSR count). The van der Waals surface area contributed by atoms with Crippen molar-refractivity contribution in [1.82, 2.24) is 5.32 Å².